The average molecular weight is 266 g/mol. The summed E-state index contributed by atoms with van der Waals surface area (Å²) in [4.78, 5) is 11.0. The Hall–Kier alpha value is -0.430. The van der Waals surface area contributed by atoms with Crippen LogP contribution in [0.25, 0.3) is 0 Å². The minimum Gasteiger partial charge on any atom is -0.384 e. The molecule has 1 heterocycles. The number of hydrogen-bond acceptors (Lipinski definition) is 4. The number of primary amides is 1. The van der Waals surface area contributed by atoms with Crippen molar-refractivity contribution in [2.45, 2.75) is 12.2 Å². The van der Waals surface area contributed by atoms with E-state index in [1.165, 1.54) is 11.3 Å². The molecule has 0 fully saturated rings. The normalized spacial score (nSPS) is 15.3. The molecular formula is C7H8BrNO3S. The van der Waals surface area contributed by atoms with Crippen LogP contribution in [0.15, 0.2) is 15.9 Å². The van der Waals surface area contributed by atoms with E-state index in [1.807, 2.05) is 0 Å². The summed E-state index contributed by atoms with van der Waals surface area (Å²) in [7, 11) is 0. The first-order valence-electron chi connectivity index (χ1n) is 3.43. The van der Waals surface area contributed by atoms with Crippen LogP contribution in [0.2, 0.25) is 0 Å². The van der Waals surface area contributed by atoms with E-state index >= 15 is 0 Å². The Morgan fingerprint density at radius 2 is 2.15 bits per heavy atom. The minimum absolute atomic E-state index is 0.498. The lowest BCUT2D eigenvalue weighted by atomic mass is 10.1. The smallest absolute Gasteiger partial charge is 0.249 e. The lowest BCUT2D eigenvalue weighted by Crippen LogP contribution is -2.33. The number of amides is 1. The Bertz CT molecular complexity index is 314. The number of aliphatic hydroxyl groups is 2. The van der Waals surface area contributed by atoms with Crippen molar-refractivity contribution in [3.8, 4) is 0 Å². The molecule has 0 aliphatic carbocycles. The molecule has 0 spiro atoms. The zero-order chi connectivity index (χ0) is 10.0. The number of hydrogen-bond donors (Lipinski definition) is 3. The second-order valence-electron chi connectivity index (χ2n) is 2.43. The van der Waals surface area contributed by atoms with Crippen LogP contribution in [0.5, 0.6) is 0 Å². The van der Waals surface area contributed by atoms with E-state index in [9.17, 15) is 9.90 Å². The monoisotopic (exact) mass is 265 g/mol. The van der Waals surface area contributed by atoms with E-state index in [1.54, 1.807) is 12.1 Å². The maximum atomic E-state index is 10.5. The van der Waals surface area contributed by atoms with E-state index in [0.29, 0.717) is 4.88 Å². The average Bonchev–Trinajstić information content (AvgIpc) is 2.49. The number of halogens is 1. The number of nitrogens with two attached hydrogens (primary N) is 1. The highest BCUT2D eigenvalue weighted by Crippen LogP contribution is 2.28. The molecule has 0 aliphatic heterocycles. The molecule has 0 aromatic carbocycles. The third-order valence-electron chi connectivity index (χ3n) is 1.48. The fourth-order valence-corrected chi connectivity index (χ4v) is 2.24. The van der Waals surface area contributed by atoms with E-state index in [2.05, 4.69) is 15.9 Å². The summed E-state index contributed by atoms with van der Waals surface area (Å²) in [5, 5.41) is 18.5. The number of carbonyl (C=O) groups excluding carboxylic acids is 1. The molecule has 4 N–H and O–H groups in total. The van der Waals surface area contributed by atoms with Gasteiger partial charge in [0.05, 0.1) is 3.79 Å². The highest BCUT2D eigenvalue weighted by atomic mass is 79.9. The molecule has 1 rings (SSSR count). The van der Waals surface area contributed by atoms with E-state index < -0.39 is 18.1 Å². The first kappa shape index (κ1) is 10.6. The van der Waals surface area contributed by atoms with Gasteiger partial charge in [-0.3, -0.25) is 4.79 Å². The highest BCUT2D eigenvalue weighted by molar-refractivity contribution is 9.11. The lowest BCUT2D eigenvalue weighted by Gasteiger charge is -2.12. The van der Waals surface area contributed by atoms with Crippen molar-refractivity contribution in [1.82, 2.24) is 0 Å². The molecule has 13 heavy (non-hydrogen) atoms. The van der Waals surface area contributed by atoms with Crippen molar-refractivity contribution in [2.24, 2.45) is 5.73 Å². The SMILES string of the molecule is NC(=O)C(O)C(O)c1ccc(Br)s1. The maximum Gasteiger partial charge on any atom is 0.249 e. The van der Waals surface area contributed by atoms with Gasteiger partial charge in [-0.2, -0.15) is 0 Å². The van der Waals surface area contributed by atoms with Gasteiger partial charge in [0, 0.05) is 4.88 Å². The zero-order valence-corrected chi connectivity index (χ0v) is 8.88. The molecule has 2 atom stereocenters. The van der Waals surface area contributed by atoms with Crippen LogP contribution in [-0.2, 0) is 4.79 Å². The maximum absolute atomic E-state index is 10.5. The third-order valence-corrected chi connectivity index (χ3v) is 3.17. The summed E-state index contributed by atoms with van der Waals surface area (Å²) in [5.74, 6) is -0.933. The standard InChI is InChI=1S/C7H8BrNO3S/c8-4-2-1-3(13-4)5(10)6(11)7(9)12/h1-2,5-6,10-11H,(H2,9,12). The summed E-state index contributed by atoms with van der Waals surface area (Å²) in [6.07, 6.45) is -2.79. The Morgan fingerprint density at radius 3 is 2.54 bits per heavy atom. The van der Waals surface area contributed by atoms with E-state index in [0.717, 1.165) is 3.79 Å². The van der Waals surface area contributed by atoms with Crippen LogP contribution in [0.1, 0.15) is 11.0 Å². The summed E-state index contributed by atoms with van der Waals surface area (Å²) in [6.45, 7) is 0. The van der Waals surface area contributed by atoms with Crippen LogP contribution < -0.4 is 5.73 Å². The van der Waals surface area contributed by atoms with Gasteiger partial charge in [-0.1, -0.05) is 0 Å². The van der Waals surface area contributed by atoms with Crippen molar-refractivity contribution in [2.75, 3.05) is 0 Å². The molecule has 72 valence electrons. The van der Waals surface area contributed by atoms with Gasteiger partial charge in [0.1, 0.15) is 6.10 Å². The number of rotatable bonds is 3. The van der Waals surface area contributed by atoms with Crippen molar-refractivity contribution in [1.29, 1.82) is 0 Å². The number of carbonyl (C=O) groups is 1. The third kappa shape index (κ3) is 2.50. The fourth-order valence-electron chi connectivity index (χ4n) is 0.798. The van der Waals surface area contributed by atoms with Crippen LogP contribution >= 0.6 is 27.3 Å². The van der Waals surface area contributed by atoms with Crippen LogP contribution in [0, 0.1) is 0 Å². The number of aliphatic hydroxyl groups excluding tert-OH is 2. The minimum atomic E-state index is -1.55. The summed E-state index contributed by atoms with van der Waals surface area (Å²) in [5.41, 5.74) is 4.83. The Labute approximate surface area is 87.1 Å². The predicted octanol–water partition coefficient (Wildman–Crippen LogP) is 0.390. The van der Waals surface area contributed by atoms with Crippen LogP contribution in [0.4, 0.5) is 0 Å². The number of thiophene rings is 1. The van der Waals surface area contributed by atoms with Crippen molar-refractivity contribution in [3.05, 3.63) is 20.8 Å². The molecule has 0 aliphatic rings. The Balaban J connectivity index is 2.78. The molecule has 4 nitrogen and oxygen atoms in total. The second kappa shape index (κ2) is 4.19. The molecule has 2 unspecified atom stereocenters. The molecule has 0 radical (unpaired) electrons. The molecule has 0 saturated carbocycles. The lowest BCUT2D eigenvalue weighted by molar-refractivity contribution is -0.131. The van der Waals surface area contributed by atoms with Crippen molar-refractivity contribution >= 4 is 33.2 Å². The fraction of sp³-hybridized carbons (Fsp3) is 0.286. The van der Waals surface area contributed by atoms with Gasteiger partial charge in [0.25, 0.3) is 0 Å². The Kier molecular flexibility index (Phi) is 3.43. The molecule has 1 aromatic heterocycles. The largest absolute Gasteiger partial charge is 0.384 e. The molecule has 6 heteroatoms. The van der Waals surface area contributed by atoms with Gasteiger partial charge in [-0.05, 0) is 28.1 Å². The van der Waals surface area contributed by atoms with Crippen molar-refractivity contribution in [3.63, 3.8) is 0 Å². The summed E-state index contributed by atoms with van der Waals surface area (Å²) >= 11 is 4.44. The summed E-state index contributed by atoms with van der Waals surface area (Å²) in [6, 6.07) is 3.34. The van der Waals surface area contributed by atoms with Gasteiger partial charge in [-0.15, -0.1) is 11.3 Å². The summed E-state index contributed by atoms with van der Waals surface area (Å²) < 4.78 is 0.818. The van der Waals surface area contributed by atoms with Gasteiger partial charge in [0.2, 0.25) is 5.91 Å². The zero-order valence-electron chi connectivity index (χ0n) is 6.48. The van der Waals surface area contributed by atoms with Gasteiger partial charge < -0.3 is 15.9 Å². The molecule has 0 bridgehead atoms. The van der Waals surface area contributed by atoms with Gasteiger partial charge in [-0.25, -0.2) is 0 Å². The van der Waals surface area contributed by atoms with E-state index in [-0.39, 0.29) is 0 Å². The molecular weight excluding hydrogens is 258 g/mol. The van der Waals surface area contributed by atoms with Crippen molar-refractivity contribution < 1.29 is 15.0 Å². The second-order valence-corrected chi connectivity index (χ2v) is 4.93. The topological polar surface area (TPSA) is 83.6 Å². The molecule has 1 amide bonds. The highest BCUT2D eigenvalue weighted by Gasteiger charge is 2.24. The van der Waals surface area contributed by atoms with Crippen LogP contribution in [-0.4, -0.2) is 22.2 Å². The first-order valence-corrected chi connectivity index (χ1v) is 5.04. The molecule has 1 aromatic rings. The predicted molar refractivity (Wildman–Crippen MR) is 52.2 cm³/mol. The molecule has 0 saturated heterocycles. The van der Waals surface area contributed by atoms with Crippen LogP contribution in [0.3, 0.4) is 0 Å². The van der Waals surface area contributed by atoms with Gasteiger partial charge >= 0.3 is 0 Å². The quantitative estimate of drug-likeness (QED) is 0.740. The Morgan fingerprint density at radius 1 is 1.54 bits per heavy atom. The first-order chi connectivity index (χ1) is 6.02. The van der Waals surface area contributed by atoms with E-state index in [4.69, 9.17) is 10.8 Å². The van der Waals surface area contributed by atoms with Gasteiger partial charge in [0.15, 0.2) is 6.10 Å².